The van der Waals surface area contributed by atoms with Gasteiger partial charge in [0.05, 0.1) is 12.2 Å². The van der Waals surface area contributed by atoms with Crippen molar-refractivity contribution in [3.8, 4) is 0 Å². The van der Waals surface area contributed by atoms with Crippen molar-refractivity contribution in [3.05, 3.63) is 11.1 Å². The second-order valence-electron chi connectivity index (χ2n) is 6.54. The SMILES string of the molecule is CNC1CCCN(CC(=O)Nc2nc(CN3CCCC3)cs2)C1.Cl.Cl. The van der Waals surface area contributed by atoms with Gasteiger partial charge < -0.3 is 10.6 Å². The minimum absolute atomic E-state index is 0. The molecule has 2 aliphatic heterocycles. The van der Waals surface area contributed by atoms with Crippen LogP contribution in [0.1, 0.15) is 31.4 Å². The van der Waals surface area contributed by atoms with Gasteiger partial charge in [0.1, 0.15) is 0 Å². The molecule has 3 heterocycles. The molecule has 3 rings (SSSR count). The van der Waals surface area contributed by atoms with Crippen LogP contribution in [0.5, 0.6) is 0 Å². The summed E-state index contributed by atoms with van der Waals surface area (Å²) in [6.07, 6.45) is 4.92. The summed E-state index contributed by atoms with van der Waals surface area (Å²) in [7, 11) is 1.99. The number of piperidine rings is 1. The van der Waals surface area contributed by atoms with Gasteiger partial charge in [-0.15, -0.1) is 36.2 Å². The van der Waals surface area contributed by atoms with E-state index in [0.29, 0.717) is 12.6 Å². The highest BCUT2D eigenvalue weighted by atomic mass is 35.5. The molecule has 9 heteroatoms. The van der Waals surface area contributed by atoms with E-state index < -0.39 is 0 Å². The Hall–Kier alpha value is -0.440. The van der Waals surface area contributed by atoms with Crippen LogP contribution in [-0.2, 0) is 11.3 Å². The van der Waals surface area contributed by atoms with Crippen LogP contribution in [0.25, 0.3) is 0 Å². The third kappa shape index (κ3) is 7.00. The average Bonchev–Trinajstić information content (AvgIpc) is 3.20. The lowest BCUT2D eigenvalue weighted by Gasteiger charge is -2.31. The molecule has 144 valence electrons. The van der Waals surface area contributed by atoms with Crippen molar-refractivity contribution in [2.24, 2.45) is 0 Å². The molecule has 6 nitrogen and oxygen atoms in total. The Morgan fingerprint density at radius 3 is 2.68 bits per heavy atom. The first-order valence-electron chi connectivity index (χ1n) is 8.59. The van der Waals surface area contributed by atoms with Crippen LogP contribution in [-0.4, -0.2) is 66.5 Å². The van der Waals surface area contributed by atoms with E-state index in [9.17, 15) is 4.79 Å². The topological polar surface area (TPSA) is 60.5 Å². The summed E-state index contributed by atoms with van der Waals surface area (Å²) in [5.41, 5.74) is 1.07. The van der Waals surface area contributed by atoms with E-state index in [1.54, 1.807) is 0 Å². The first-order chi connectivity index (χ1) is 11.2. The molecule has 25 heavy (non-hydrogen) atoms. The van der Waals surface area contributed by atoms with Gasteiger partial charge in [0.15, 0.2) is 5.13 Å². The van der Waals surface area contributed by atoms with Crippen molar-refractivity contribution in [1.29, 1.82) is 0 Å². The maximum atomic E-state index is 12.2. The standard InChI is InChI=1S/C16H27N5OS.2ClH/c1-17-13-5-4-8-21(9-13)11-15(22)19-16-18-14(12-23-16)10-20-6-2-3-7-20;;/h12-13,17H,2-11H2,1H3,(H,18,19,22);2*1H. The molecule has 1 aromatic heterocycles. The molecule has 2 N–H and O–H groups in total. The molecule has 0 spiro atoms. The molecule has 2 saturated heterocycles. The van der Waals surface area contributed by atoms with Crippen LogP contribution in [0.3, 0.4) is 0 Å². The van der Waals surface area contributed by atoms with Gasteiger partial charge in [-0.3, -0.25) is 14.6 Å². The number of amides is 1. The number of hydrogen-bond donors (Lipinski definition) is 2. The zero-order valence-electron chi connectivity index (χ0n) is 14.7. The number of nitrogens with one attached hydrogen (secondary N) is 2. The number of hydrogen-bond acceptors (Lipinski definition) is 6. The monoisotopic (exact) mass is 409 g/mol. The van der Waals surface area contributed by atoms with E-state index in [0.717, 1.165) is 36.9 Å². The van der Waals surface area contributed by atoms with Crippen molar-refractivity contribution < 1.29 is 4.79 Å². The van der Waals surface area contributed by atoms with Crippen molar-refractivity contribution in [2.75, 3.05) is 45.1 Å². The zero-order chi connectivity index (χ0) is 16.1. The smallest absolute Gasteiger partial charge is 0.240 e. The normalized spacial score (nSPS) is 21.4. The van der Waals surface area contributed by atoms with Gasteiger partial charge in [-0.2, -0.15) is 0 Å². The lowest BCUT2D eigenvalue weighted by molar-refractivity contribution is -0.117. The van der Waals surface area contributed by atoms with Crippen LogP contribution < -0.4 is 10.6 Å². The molecule has 0 saturated carbocycles. The number of aromatic nitrogens is 1. The Morgan fingerprint density at radius 2 is 1.96 bits per heavy atom. The second-order valence-corrected chi connectivity index (χ2v) is 7.40. The number of thiazole rings is 1. The summed E-state index contributed by atoms with van der Waals surface area (Å²) < 4.78 is 0. The Morgan fingerprint density at radius 1 is 1.24 bits per heavy atom. The number of likely N-dealkylation sites (tertiary alicyclic amines) is 2. The zero-order valence-corrected chi connectivity index (χ0v) is 17.1. The van der Waals surface area contributed by atoms with Crippen LogP contribution >= 0.6 is 36.2 Å². The predicted octanol–water partition coefficient (Wildman–Crippen LogP) is 2.20. The van der Waals surface area contributed by atoms with E-state index in [-0.39, 0.29) is 30.7 Å². The van der Waals surface area contributed by atoms with Crippen LogP contribution in [0.2, 0.25) is 0 Å². The predicted molar refractivity (Wildman–Crippen MR) is 108 cm³/mol. The quantitative estimate of drug-likeness (QED) is 0.753. The van der Waals surface area contributed by atoms with Crippen LogP contribution in [0.4, 0.5) is 5.13 Å². The summed E-state index contributed by atoms with van der Waals surface area (Å²) in [5, 5.41) is 9.05. The van der Waals surface area contributed by atoms with E-state index in [1.165, 1.54) is 43.7 Å². The number of carbonyl (C=O) groups excluding carboxylic acids is 1. The number of rotatable bonds is 6. The van der Waals surface area contributed by atoms with Gasteiger partial charge in [0, 0.05) is 24.5 Å². The Labute approximate surface area is 166 Å². The largest absolute Gasteiger partial charge is 0.316 e. The highest BCUT2D eigenvalue weighted by molar-refractivity contribution is 7.13. The first-order valence-corrected chi connectivity index (χ1v) is 9.47. The fourth-order valence-corrected chi connectivity index (χ4v) is 4.12. The molecule has 0 aromatic carbocycles. The Balaban J connectivity index is 0.00000156. The highest BCUT2D eigenvalue weighted by Crippen LogP contribution is 2.19. The fourth-order valence-electron chi connectivity index (χ4n) is 3.40. The number of carbonyl (C=O) groups is 1. The van der Waals surface area contributed by atoms with Gasteiger partial charge in [0.2, 0.25) is 5.91 Å². The summed E-state index contributed by atoms with van der Waals surface area (Å²) in [6.45, 7) is 5.65. The molecule has 0 bridgehead atoms. The molecule has 0 aliphatic carbocycles. The molecule has 2 fully saturated rings. The molecule has 2 aliphatic rings. The summed E-state index contributed by atoms with van der Waals surface area (Å²) in [4.78, 5) is 21.4. The minimum Gasteiger partial charge on any atom is -0.316 e. The molecular formula is C16H29Cl2N5OS. The van der Waals surface area contributed by atoms with Gasteiger partial charge in [-0.25, -0.2) is 4.98 Å². The Bertz CT molecular complexity index is 524. The lowest BCUT2D eigenvalue weighted by atomic mass is 10.1. The summed E-state index contributed by atoms with van der Waals surface area (Å²) in [6, 6.07) is 0.503. The van der Waals surface area contributed by atoms with Crippen molar-refractivity contribution >= 4 is 47.2 Å². The van der Waals surface area contributed by atoms with Crippen LogP contribution in [0, 0.1) is 0 Å². The van der Waals surface area contributed by atoms with Crippen molar-refractivity contribution in [2.45, 2.75) is 38.3 Å². The highest BCUT2D eigenvalue weighted by Gasteiger charge is 2.21. The molecule has 1 atom stereocenters. The number of nitrogens with zero attached hydrogens (tertiary/aromatic N) is 3. The Kier molecular flexibility index (Phi) is 10.2. The van der Waals surface area contributed by atoms with Crippen LogP contribution in [0.15, 0.2) is 5.38 Å². The number of halogens is 2. The van der Waals surface area contributed by atoms with Gasteiger partial charge >= 0.3 is 0 Å². The molecule has 0 radical (unpaired) electrons. The molecule has 1 aromatic rings. The maximum absolute atomic E-state index is 12.2. The third-order valence-electron chi connectivity index (χ3n) is 4.66. The van der Waals surface area contributed by atoms with E-state index in [2.05, 4.69) is 30.8 Å². The lowest BCUT2D eigenvalue weighted by Crippen LogP contribution is -2.46. The maximum Gasteiger partial charge on any atom is 0.240 e. The van der Waals surface area contributed by atoms with Crippen molar-refractivity contribution in [3.63, 3.8) is 0 Å². The first kappa shape index (κ1) is 22.6. The molecule has 1 unspecified atom stereocenters. The van der Waals surface area contributed by atoms with E-state index >= 15 is 0 Å². The third-order valence-corrected chi connectivity index (χ3v) is 5.47. The fraction of sp³-hybridized carbons (Fsp3) is 0.750. The molecule has 1 amide bonds. The van der Waals surface area contributed by atoms with E-state index in [4.69, 9.17) is 0 Å². The summed E-state index contributed by atoms with van der Waals surface area (Å²) in [5.74, 6) is 0.0452. The van der Waals surface area contributed by atoms with Gasteiger partial charge in [-0.05, 0) is 52.4 Å². The minimum atomic E-state index is 0. The van der Waals surface area contributed by atoms with E-state index in [1.807, 2.05) is 7.05 Å². The van der Waals surface area contributed by atoms with Gasteiger partial charge in [-0.1, -0.05) is 0 Å². The van der Waals surface area contributed by atoms with Gasteiger partial charge in [0.25, 0.3) is 0 Å². The summed E-state index contributed by atoms with van der Waals surface area (Å²) >= 11 is 1.53. The second kappa shape index (κ2) is 11.3. The number of anilines is 1. The number of likely N-dealkylation sites (N-methyl/N-ethyl adjacent to an activating group) is 1. The average molecular weight is 410 g/mol. The van der Waals surface area contributed by atoms with Crippen molar-refractivity contribution in [1.82, 2.24) is 20.1 Å². The molecular weight excluding hydrogens is 381 g/mol.